The van der Waals surface area contributed by atoms with Gasteiger partial charge in [-0.3, -0.25) is 0 Å². The Hall–Kier alpha value is -1.22. The fourth-order valence-corrected chi connectivity index (χ4v) is 4.69. The molecule has 0 radical (unpaired) electrons. The van der Waals surface area contributed by atoms with Crippen LogP contribution in [0.3, 0.4) is 0 Å². The van der Waals surface area contributed by atoms with Gasteiger partial charge in [-0.25, -0.2) is 4.98 Å². The van der Waals surface area contributed by atoms with Crippen LogP contribution in [0.15, 0.2) is 47.9 Å². The Kier molecular flexibility index (Phi) is 5.82. The van der Waals surface area contributed by atoms with Crippen LogP contribution in [-0.2, 0) is 6.54 Å². The van der Waals surface area contributed by atoms with Crippen LogP contribution >= 0.6 is 11.8 Å². The molecule has 3 rings (SSSR count). The number of thioether (sulfide) groups is 1. The van der Waals surface area contributed by atoms with Crippen molar-refractivity contribution < 1.29 is 0 Å². The SMILES string of the molecule is CC(Cn1ccnc1)C(C)c1ccc(SC2CCCCC2)cc1. The molecule has 0 amide bonds. The minimum absolute atomic E-state index is 0.561. The van der Waals surface area contributed by atoms with Gasteiger partial charge in [-0.2, -0.15) is 0 Å². The predicted molar refractivity (Wildman–Crippen MR) is 99.0 cm³/mol. The van der Waals surface area contributed by atoms with Crippen LogP contribution in [0.1, 0.15) is 57.4 Å². The molecule has 2 unspecified atom stereocenters. The number of aromatic nitrogens is 2. The normalized spacial score (nSPS) is 18.7. The lowest BCUT2D eigenvalue weighted by Crippen LogP contribution is -2.13. The molecule has 1 fully saturated rings. The minimum atomic E-state index is 0.561. The van der Waals surface area contributed by atoms with E-state index in [-0.39, 0.29) is 0 Å². The van der Waals surface area contributed by atoms with E-state index in [1.807, 2.05) is 18.7 Å². The fourth-order valence-electron chi connectivity index (χ4n) is 3.44. The van der Waals surface area contributed by atoms with Crippen molar-refractivity contribution in [3.63, 3.8) is 0 Å². The number of hydrogen-bond acceptors (Lipinski definition) is 2. The van der Waals surface area contributed by atoms with E-state index in [2.05, 4.69) is 59.4 Å². The lowest BCUT2D eigenvalue weighted by molar-refractivity contribution is 0.417. The van der Waals surface area contributed by atoms with Crippen LogP contribution in [0.4, 0.5) is 0 Å². The Morgan fingerprint density at radius 3 is 2.52 bits per heavy atom. The number of benzene rings is 1. The average Bonchev–Trinajstić information content (AvgIpc) is 3.09. The van der Waals surface area contributed by atoms with E-state index in [1.54, 1.807) is 0 Å². The average molecular weight is 329 g/mol. The standard InChI is InChI=1S/C20H28N2S/c1-16(14-22-13-12-21-15-22)17(2)18-8-10-20(11-9-18)23-19-6-4-3-5-7-19/h8-13,15-17,19H,3-7,14H2,1-2H3. The van der Waals surface area contributed by atoms with E-state index in [4.69, 9.17) is 0 Å². The van der Waals surface area contributed by atoms with Crippen molar-refractivity contribution in [1.29, 1.82) is 0 Å². The van der Waals surface area contributed by atoms with Crippen molar-refractivity contribution in [2.45, 2.75) is 68.6 Å². The van der Waals surface area contributed by atoms with E-state index in [0.717, 1.165) is 11.8 Å². The Bertz CT molecular complexity index is 570. The first-order chi connectivity index (χ1) is 11.2. The summed E-state index contributed by atoms with van der Waals surface area (Å²) < 4.78 is 2.18. The first-order valence-corrected chi connectivity index (χ1v) is 9.82. The van der Waals surface area contributed by atoms with Gasteiger partial charge in [0.2, 0.25) is 0 Å². The van der Waals surface area contributed by atoms with Gasteiger partial charge >= 0.3 is 0 Å². The number of rotatable bonds is 6. The van der Waals surface area contributed by atoms with E-state index in [0.29, 0.717) is 11.8 Å². The molecule has 0 saturated heterocycles. The molecule has 2 atom stereocenters. The van der Waals surface area contributed by atoms with E-state index >= 15 is 0 Å². The van der Waals surface area contributed by atoms with Crippen LogP contribution in [0.5, 0.6) is 0 Å². The Morgan fingerprint density at radius 2 is 1.87 bits per heavy atom. The quantitative estimate of drug-likeness (QED) is 0.672. The van der Waals surface area contributed by atoms with Crippen molar-refractivity contribution in [1.82, 2.24) is 9.55 Å². The van der Waals surface area contributed by atoms with Gasteiger partial charge in [-0.1, -0.05) is 45.2 Å². The van der Waals surface area contributed by atoms with Crippen molar-refractivity contribution in [2.75, 3.05) is 0 Å². The third kappa shape index (κ3) is 4.63. The van der Waals surface area contributed by atoms with Crippen LogP contribution in [0.2, 0.25) is 0 Å². The van der Waals surface area contributed by atoms with Crippen molar-refractivity contribution in [2.24, 2.45) is 5.92 Å². The molecule has 1 aromatic heterocycles. The van der Waals surface area contributed by atoms with E-state index in [9.17, 15) is 0 Å². The maximum atomic E-state index is 4.13. The molecule has 2 aromatic rings. The molecule has 2 nitrogen and oxygen atoms in total. The number of hydrogen-bond donors (Lipinski definition) is 0. The third-order valence-corrected chi connectivity index (χ3v) is 6.52. The lowest BCUT2D eigenvalue weighted by Gasteiger charge is -2.22. The molecule has 1 saturated carbocycles. The van der Waals surface area contributed by atoms with Crippen molar-refractivity contribution in [3.8, 4) is 0 Å². The molecule has 0 spiro atoms. The molecular formula is C20H28N2S. The summed E-state index contributed by atoms with van der Waals surface area (Å²) in [6.07, 6.45) is 12.9. The number of nitrogens with zero attached hydrogens (tertiary/aromatic N) is 2. The Labute approximate surface area is 144 Å². The van der Waals surface area contributed by atoms with Gasteiger partial charge in [0.05, 0.1) is 6.33 Å². The minimum Gasteiger partial charge on any atom is -0.337 e. The van der Waals surface area contributed by atoms with Crippen LogP contribution in [0, 0.1) is 5.92 Å². The van der Waals surface area contributed by atoms with Gasteiger partial charge in [0.1, 0.15) is 0 Å². The fraction of sp³-hybridized carbons (Fsp3) is 0.550. The summed E-state index contributed by atoms with van der Waals surface area (Å²) in [6, 6.07) is 9.32. The maximum Gasteiger partial charge on any atom is 0.0945 e. The zero-order chi connectivity index (χ0) is 16.1. The molecular weight excluding hydrogens is 300 g/mol. The van der Waals surface area contributed by atoms with Crippen LogP contribution in [0.25, 0.3) is 0 Å². The monoisotopic (exact) mass is 328 g/mol. The summed E-state index contributed by atoms with van der Waals surface area (Å²) >= 11 is 2.08. The van der Waals surface area contributed by atoms with Crippen LogP contribution < -0.4 is 0 Å². The number of imidazole rings is 1. The molecule has 0 bridgehead atoms. The summed E-state index contributed by atoms with van der Waals surface area (Å²) in [4.78, 5) is 5.57. The van der Waals surface area contributed by atoms with Crippen LogP contribution in [-0.4, -0.2) is 14.8 Å². The van der Waals surface area contributed by atoms with Crippen molar-refractivity contribution >= 4 is 11.8 Å². The molecule has 0 aliphatic heterocycles. The predicted octanol–water partition coefficient (Wildman–Crippen LogP) is 5.75. The lowest BCUT2D eigenvalue weighted by atomic mass is 9.89. The van der Waals surface area contributed by atoms with Crippen molar-refractivity contribution in [3.05, 3.63) is 48.5 Å². The van der Waals surface area contributed by atoms with Gasteiger partial charge in [0.15, 0.2) is 0 Å². The van der Waals surface area contributed by atoms with E-state index < -0.39 is 0 Å². The molecule has 23 heavy (non-hydrogen) atoms. The molecule has 1 heterocycles. The Morgan fingerprint density at radius 1 is 1.13 bits per heavy atom. The zero-order valence-electron chi connectivity index (χ0n) is 14.3. The topological polar surface area (TPSA) is 17.8 Å². The second kappa shape index (κ2) is 8.05. The molecule has 3 heteroatoms. The largest absolute Gasteiger partial charge is 0.337 e. The summed E-state index contributed by atoms with van der Waals surface area (Å²) in [5, 5.41) is 0.840. The van der Waals surface area contributed by atoms with Gasteiger partial charge in [-0.15, -0.1) is 11.8 Å². The highest BCUT2D eigenvalue weighted by atomic mass is 32.2. The second-order valence-corrected chi connectivity index (χ2v) is 8.35. The Balaban J connectivity index is 1.57. The summed E-state index contributed by atoms with van der Waals surface area (Å²) in [7, 11) is 0. The van der Waals surface area contributed by atoms with Gasteiger partial charge in [-0.05, 0) is 42.4 Å². The van der Waals surface area contributed by atoms with E-state index in [1.165, 1.54) is 42.6 Å². The molecule has 1 aromatic carbocycles. The summed E-state index contributed by atoms with van der Waals surface area (Å²) in [5.74, 6) is 1.16. The maximum absolute atomic E-state index is 4.13. The smallest absolute Gasteiger partial charge is 0.0945 e. The highest BCUT2D eigenvalue weighted by Gasteiger charge is 2.17. The van der Waals surface area contributed by atoms with Gasteiger partial charge < -0.3 is 4.57 Å². The first kappa shape index (κ1) is 16.6. The molecule has 1 aliphatic carbocycles. The summed E-state index contributed by atoms with van der Waals surface area (Å²) in [5.41, 5.74) is 1.45. The zero-order valence-corrected chi connectivity index (χ0v) is 15.1. The first-order valence-electron chi connectivity index (χ1n) is 8.95. The second-order valence-electron chi connectivity index (χ2n) is 6.97. The highest BCUT2D eigenvalue weighted by molar-refractivity contribution is 8.00. The third-order valence-electron chi connectivity index (χ3n) is 5.17. The molecule has 0 N–H and O–H groups in total. The van der Waals surface area contributed by atoms with Gasteiger partial charge in [0, 0.05) is 29.1 Å². The van der Waals surface area contributed by atoms with Gasteiger partial charge in [0.25, 0.3) is 0 Å². The molecule has 124 valence electrons. The molecule has 1 aliphatic rings. The summed E-state index contributed by atoms with van der Waals surface area (Å²) in [6.45, 7) is 5.69. The highest BCUT2D eigenvalue weighted by Crippen LogP contribution is 2.34.